The molecule has 2 heterocycles. The van der Waals surface area contributed by atoms with Crippen molar-refractivity contribution < 1.29 is 33.8 Å². The minimum Gasteiger partial charge on any atom is -0.480 e. The van der Waals surface area contributed by atoms with Crippen molar-refractivity contribution in [2.45, 2.75) is 116 Å². The summed E-state index contributed by atoms with van der Waals surface area (Å²) >= 11 is 0. The van der Waals surface area contributed by atoms with E-state index in [1.807, 2.05) is 32.2 Å². The van der Waals surface area contributed by atoms with Gasteiger partial charge in [0, 0.05) is 37.2 Å². The molecule has 1 aromatic rings. The van der Waals surface area contributed by atoms with Crippen LogP contribution in [-0.2, 0) is 35.1 Å². The zero-order valence-electron chi connectivity index (χ0n) is 27.4. The molecule has 0 radical (unpaired) electrons. The van der Waals surface area contributed by atoms with Crippen LogP contribution in [0.5, 0.6) is 0 Å². The van der Waals surface area contributed by atoms with Gasteiger partial charge >= 0.3 is 5.97 Å². The summed E-state index contributed by atoms with van der Waals surface area (Å²) in [6.45, 7) is 8.93. The molecular formula is C36H54N2O7. The molecule has 0 aromatic carbocycles. The second kappa shape index (κ2) is 24.7. The zero-order valence-corrected chi connectivity index (χ0v) is 27.4. The molecular weight excluding hydrogens is 572 g/mol. The number of unbranched alkanes of at least 4 members (excludes halogenated alkanes) is 3. The number of likely N-dealkylation sites (tertiary alicyclic amines) is 1. The summed E-state index contributed by atoms with van der Waals surface area (Å²) < 4.78 is 4.82. The van der Waals surface area contributed by atoms with E-state index in [-0.39, 0.29) is 23.9 Å². The van der Waals surface area contributed by atoms with Crippen LogP contribution < -0.4 is 0 Å². The number of aryl methyl sites for hydroxylation is 1. The average molecular weight is 627 g/mol. The lowest BCUT2D eigenvalue weighted by Crippen LogP contribution is -2.48. The minimum atomic E-state index is -1.03. The van der Waals surface area contributed by atoms with Gasteiger partial charge in [0.2, 0.25) is 6.29 Å². The molecule has 1 aliphatic heterocycles. The SMILES string of the molecule is C1CCCC1.C=CCC(/C=C(\C)C(C)COC=O)C(=O)CCCCCCc1cccnc1.O=CC(=O)N1CCCC[C@H]1C(=O)O. The predicted octanol–water partition coefficient (Wildman–Crippen LogP) is 6.69. The first kappa shape index (κ1) is 39.4. The molecule has 2 fully saturated rings. The summed E-state index contributed by atoms with van der Waals surface area (Å²) in [4.78, 5) is 60.0. The van der Waals surface area contributed by atoms with Crippen LogP contribution in [0.2, 0.25) is 0 Å². The van der Waals surface area contributed by atoms with Gasteiger partial charge in [0.1, 0.15) is 11.8 Å². The Labute approximate surface area is 269 Å². The molecule has 1 amide bonds. The number of carboxylic acids is 1. The number of ether oxygens (including phenoxy) is 1. The van der Waals surface area contributed by atoms with Gasteiger partial charge in [0.15, 0.2) is 0 Å². The maximum absolute atomic E-state index is 12.6. The van der Waals surface area contributed by atoms with E-state index in [0.29, 0.717) is 38.9 Å². The molecule has 0 spiro atoms. The number of carboxylic acid groups (broad SMARTS) is 1. The smallest absolute Gasteiger partial charge is 0.326 e. The number of allylic oxidation sites excluding steroid dienone is 2. The molecule has 3 rings (SSSR count). The van der Waals surface area contributed by atoms with E-state index in [2.05, 4.69) is 17.6 Å². The molecule has 2 unspecified atom stereocenters. The second-order valence-electron chi connectivity index (χ2n) is 11.9. The topological polar surface area (TPSA) is 131 Å². The Balaban J connectivity index is 0.000000457. The number of aromatic nitrogens is 1. The molecule has 3 atom stereocenters. The fraction of sp³-hybridized carbons (Fsp3) is 0.611. The van der Waals surface area contributed by atoms with Gasteiger partial charge in [-0.25, -0.2) is 4.79 Å². The highest BCUT2D eigenvalue weighted by molar-refractivity contribution is 6.24. The van der Waals surface area contributed by atoms with Gasteiger partial charge in [0.25, 0.3) is 12.4 Å². The van der Waals surface area contributed by atoms with E-state index in [1.54, 1.807) is 12.3 Å². The summed E-state index contributed by atoms with van der Waals surface area (Å²) in [6, 6.07) is 3.26. The van der Waals surface area contributed by atoms with Crippen LogP contribution in [0.25, 0.3) is 0 Å². The van der Waals surface area contributed by atoms with Gasteiger partial charge in [0.05, 0.1) is 6.61 Å². The summed E-state index contributed by atoms with van der Waals surface area (Å²) in [7, 11) is 0. The van der Waals surface area contributed by atoms with Crippen molar-refractivity contribution in [2.75, 3.05) is 13.2 Å². The number of carbonyl (C=O) groups is 5. The number of piperidine rings is 1. The number of ketones is 1. The van der Waals surface area contributed by atoms with Crippen LogP contribution in [-0.4, -0.2) is 64.6 Å². The average Bonchev–Trinajstić information content (AvgIpc) is 3.66. The molecule has 1 aromatic heterocycles. The zero-order chi connectivity index (χ0) is 33.3. The number of Topliss-reactive ketones (excluding diaryl/α,β-unsaturated/α-hetero) is 1. The molecule has 250 valence electrons. The largest absolute Gasteiger partial charge is 0.480 e. The summed E-state index contributed by atoms with van der Waals surface area (Å²) in [5.41, 5.74) is 2.35. The van der Waals surface area contributed by atoms with Crippen LogP contribution in [0.3, 0.4) is 0 Å². The fourth-order valence-electron chi connectivity index (χ4n) is 5.39. The highest BCUT2D eigenvalue weighted by Gasteiger charge is 2.31. The number of rotatable bonds is 17. The van der Waals surface area contributed by atoms with Gasteiger partial charge in [-0.3, -0.25) is 24.2 Å². The number of amides is 1. The number of pyridine rings is 1. The van der Waals surface area contributed by atoms with Gasteiger partial charge in [-0.05, 0) is 63.5 Å². The van der Waals surface area contributed by atoms with Crippen molar-refractivity contribution in [2.24, 2.45) is 11.8 Å². The third kappa shape index (κ3) is 17.5. The number of aldehydes is 1. The van der Waals surface area contributed by atoms with Crippen LogP contribution in [0, 0.1) is 11.8 Å². The van der Waals surface area contributed by atoms with Gasteiger partial charge in [-0.2, -0.15) is 0 Å². The maximum Gasteiger partial charge on any atom is 0.326 e. The van der Waals surface area contributed by atoms with E-state index in [0.717, 1.165) is 55.4 Å². The van der Waals surface area contributed by atoms with Crippen LogP contribution >= 0.6 is 0 Å². The lowest BCUT2D eigenvalue weighted by molar-refractivity contribution is -0.153. The van der Waals surface area contributed by atoms with Crippen molar-refractivity contribution in [3.8, 4) is 0 Å². The molecule has 1 N–H and O–H groups in total. The van der Waals surface area contributed by atoms with Crippen molar-refractivity contribution in [1.29, 1.82) is 0 Å². The molecule has 45 heavy (non-hydrogen) atoms. The number of hydrogen-bond donors (Lipinski definition) is 1. The van der Waals surface area contributed by atoms with Crippen molar-refractivity contribution in [3.05, 3.63) is 54.4 Å². The molecule has 9 heteroatoms. The highest BCUT2D eigenvalue weighted by atomic mass is 16.5. The first-order valence-electron chi connectivity index (χ1n) is 16.5. The van der Waals surface area contributed by atoms with E-state index < -0.39 is 17.9 Å². The lowest BCUT2D eigenvalue weighted by atomic mass is 9.91. The summed E-state index contributed by atoms with van der Waals surface area (Å²) in [5, 5.41) is 8.74. The summed E-state index contributed by atoms with van der Waals surface area (Å²) in [5.74, 6) is -1.51. The first-order chi connectivity index (χ1) is 21.7. The van der Waals surface area contributed by atoms with Crippen LogP contribution in [0.4, 0.5) is 0 Å². The van der Waals surface area contributed by atoms with Crippen molar-refractivity contribution in [3.63, 3.8) is 0 Å². The standard InChI is InChI=1S/C23H33NO3.C8H11NO4.C5H10/c1-4-10-22(15-19(2)20(3)17-27-18-25)23(26)13-8-6-5-7-11-21-12-9-14-24-16-21;10-5-7(11)9-4-2-1-3-6(9)8(12)13;1-2-4-5-3-1/h4,9,12,14-16,18,20,22H,1,5-8,10-11,13,17H2,2-3H3;5-6H,1-4H2,(H,12,13);1-5H2/b19-15+;;/t;6-;/m.0./s1. The normalized spacial score (nSPS) is 17.3. The monoisotopic (exact) mass is 626 g/mol. The minimum absolute atomic E-state index is 0.114. The van der Waals surface area contributed by atoms with E-state index in [1.165, 1.54) is 37.7 Å². The Morgan fingerprint density at radius 1 is 1.07 bits per heavy atom. The third-order valence-electron chi connectivity index (χ3n) is 8.27. The van der Waals surface area contributed by atoms with E-state index >= 15 is 0 Å². The Morgan fingerprint density at radius 3 is 2.33 bits per heavy atom. The fourth-order valence-corrected chi connectivity index (χ4v) is 5.39. The summed E-state index contributed by atoms with van der Waals surface area (Å²) in [6.07, 6.45) is 23.7. The maximum atomic E-state index is 12.6. The Bertz CT molecular complexity index is 1050. The molecule has 0 bridgehead atoms. The van der Waals surface area contributed by atoms with Gasteiger partial charge in [-0.15, -0.1) is 6.58 Å². The third-order valence-corrected chi connectivity index (χ3v) is 8.27. The number of aliphatic carboxylic acids is 1. The first-order valence-corrected chi connectivity index (χ1v) is 16.5. The molecule has 1 saturated heterocycles. The lowest BCUT2D eigenvalue weighted by Gasteiger charge is -2.31. The molecule has 1 saturated carbocycles. The Hall–Kier alpha value is -3.62. The quantitative estimate of drug-likeness (QED) is 0.0876. The Morgan fingerprint density at radius 2 is 1.76 bits per heavy atom. The van der Waals surface area contributed by atoms with Crippen LogP contribution in [0.15, 0.2) is 48.8 Å². The van der Waals surface area contributed by atoms with Gasteiger partial charge < -0.3 is 14.7 Å². The van der Waals surface area contributed by atoms with Crippen LogP contribution in [0.1, 0.15) is 109 Å². The predicted molar refractivity (Wildman–Crippen MR) is 175 cm³/mol. The van der Waals surface area contributed by atoms with Gasteiger partial charge in [-0.1, -0.05) is 75.7 Å². The van der Waals surface area contributed by atoms with E-state index in [9.17, 15) is 24.0 Å². The molecule has 1 aliphatic carbocycles. The molecule has 9 nitrogen and oxygen atoms in total. The Kier molecular flexibility index (Phi) is 21.6. The van der Waals surface area contributed by atoms with Crippen molar-refractivity contribution in [1.82, 2.24) is 9.88 Å². The van der Waals surface area contributed by atoms with E-state index in [4.69, 9.17) is 9.84 Å². The molecule has 2 aliphatic rings. The number of carbonyl (C=O) groups excluding carboxylic acids is 4. The second-order valence-corrected chi connectivity index (χ2v) is 11.9. The number of hydrogen-bond acceptors (Lipinski definition) is 7. The number of nitrogens with zero attached hydrogens (tertiary/aromatic N) is 2. The highest BCUT2D eigenvalue weighted by Crippen LogP contribution is 2.20. The van der Waals surface area contributed by atoms with Crippen molar-refractivity contribution >= 4 is 30.4 Å².